The van der Waals surface area contributed by atoms with E-state index in [0.29, 0.717) is 5.92 Å². The fraction of sp³-hybridized carbons (Fsp3) is 0.133. The number of furan rings is 1. The fourth-order valence-corrected chi connectivity index (χ4v) is 4.80. The lowest BCUT2D eigenvalue weighted by Crippen LogP contribution is -2.19. The van der Waals surface area contributed by atoms with Crippen molar-refractivity contribution in [2.45, 2.75) is 18.8 Å². The van der Waals surface area contributed by atoms with Crippen LogP contribution < -0.4 is 4.74 Å². The van der Waals surface area contributed by atoms with Crippen LogP contribution in [-0.4, -0.2) is 6.61 Å². The molecule has 0 N–H and O–H groups in total. The summed E-state index contributed by atoms with van der Waals surface area (Å²) in [6.07, 6.45) is 1.85. The Hall–Kier alpha value is -3.78. The molecule has 32 heavy (non-hydrogen) atoms. The smallest absolute Gasteiger partial charge is 0.138 e. The largest absolute Gasteiger partial charge is 0.493 e. The Bertz CT molecular complexity index is 1380. The predicted octanol–water partition coefficient (Wildman–Crippen LogP) is 7.41. The van der Waals surface area contributed by atoms with E-state index in [2.05, 4.69) is 84.9 Å². The van der Waals surface area contributed by atoms with Gasteiger partial charge in [0, 0.05) is 28.9 Å². The molecule has 0 radical (unpaired) electrons. The first-order chi connectivity index (χ1) is 15.8. The third-order valence-electron chi connectivity index (χ3n) is 6.42. The first-order valence-corrected chi connectivity index (χ1v) is 11.2. The van der Waals surface area contributed by atoms with Gasteiger partial charge in [-0.05, 0) is 35.2 Å². The Morgan fingerprint density at radius 3 is 2.50 bits per heavy atom. The Morgan fingerprint density at radius 2 is 1.56 bits per heavy atom. The summed E-state index contributed by atoms with van der Waals surface area (Å²) in [5.41, 5.74) is 7.23. The molecule has 0 spiro atoms. The number of hydrogen-bond acceptors (Lipinski definition) is 2. The number of benzene rings is 4. The Labute approximate surface area is 188 Å². The Morgan fingerprint density at radius 1 is 0.750 bits per heavy atom. The molecule has 156 valence electrons. The van der Waals surface area contributed by atoms with Crippen molar-refractivity contribution < 1.29 is 9.15 Å². The van der Waals surface area contributed by atoms with Gasteiger partial charge in [0.1, 0.15) is 17.1 Å². The second kappa shape index (κ2) is 8.05. The first kappa shape index (κ1) is 18.9. The minimum Gasteiger partial charge on any atom is -0.493 e. The van der Waals surface area contributed by atoms with Crippen LogP contribution in [0.1, 0.15) is 28.2 Å². The first-order valence-electron chi connectivity index (χ1n) is 11.2. The van der Waals surface area contributed by atoms with Gasteiger partial charge in [-0.1, -0.05) is 91.0 Å². The van der Waals surface area contributed by atoms with Crippen LogP contribution in [0.25, 0.3) is 22.3 Å². The molecule has 0 saturated carbocycles. The Kier molecular flexibility index (Phi) is 4.77. The third-order valence-corrected chi connectivity index (χ3v) is 6.42. The van der Waals surface area contributed by atoms with Crippen molar-refractivity contribution in [3.05, 3.63) is 125 Å². The van der Waals surface area contributed by atoms with Crippen molar-refractivity contribution >= 4 is 11.0 Å². The zero-order valence-corrected chi connectivity index (χ0v) is 17.8. The third kappa shape index (κ3) is 3.48. The van der Waals surface area contributed by atoms with E-state index < -0.39 is 0 Å². The number of fused-ring (bicyclic) bond motifs is 2. The van der Waals surface area contributed by atoms with Crippen LogP contribution >= 0.6 is 0 Å². The summed E-state index contributed by atoms with van der Waals surface area (Å²) in [6.45, 7) is 0.727. The van der Waals surface area contributed by atoms with Gasteiger partial charge in [0.2, 0.25) is 0 Å². The zero-order chi connectivity index (χ0) is 21.3. The highest BCUT2D eigenvalue weighted by Gasteiger charge is 2.22. The molecule has 0 aliphatic carbocycles. The molecule has 6 rings (SSSR count). The average molecular weight is 417 g/mol. The molecule has 1 aromatic heterocycles. The number of para-hydroxylation sites is 2. The molecule has 1 aliphatic rings. The summed E-state index contributed by atoms with van der Waals surface area (Å²) in [7, 11) is 0. The van der Waals surface area contributed by atoms with E-state index in [9.17, 15) is 0 Å². The van der Waals surface area contributed by atoms with E-state index in [0.717, 1.165) is 42.1 Å². The topological polar surface area (TPSA) is 22.4 Å². The van der Waals surface area contributed by atoms with Crippen molar-refractivity contribution in [1.82, 2.24) is 0 Å². The maximum atomic E-state index is 6.32. The van der Waals surface area contributed by atoms with E-state index in [1.165, 1.54) is 27.6 Å². The fourth-order valence-electron chi connectivity index (χ4n) is 4.80. The van der Waals surface area contributed by atoms with Gasteiger partial charge in [-0.2, -0.15) is 0 Å². The molecule has 1 atom stereocenters. The molecule has 1 unspecified atom stereocenters. The highest BCUT2D eigenvalue weighted by atomic mass is 16.5. The van der Waals surface area contributed by atoms with E-state index in [4.69, 9.17) is 9.15 Å². The number of rotatable bonds is 4. The molecule has 2 nitrogen and oxygen atoms in total. The van der Waals surface area contributed by atoms with E-state index in [-0.39, 0.29) is 0 Å². The maximum Gasteiger partial charge on any atom is 0.138 e. The highest BCUT2D eigenvalue weighted by Crippen LogP contribution is 2.36. The number of hydrogen-bond donors (Lipinski definition) is 0. The zero-order valence-electron chi connectivity index (χ0n) is 17.8. The molecule has 1 aliphatic heterocycles. The molecular formula is C30H24O2. The summed E-state index contributed by atoms with van der Waals surface area (Å²) in [5.74, 6) is 2.36. The van der Waals surface area contributed by atoms with Crippen LogP contribution in [0.5, 0.6) is 5.75 Å². The standard InChI is InChI=1S/C30H24O2/c1-2-10-22(11-3-1)30-27(26-14-5-7-16-29(26)32-30)18-21-9-8-13-23(17-21)25-19-24-12-4-6-15-28(24)31-20-25/h1-17,25H,18-20H2. The van der Waals surface area contributed by atoms with Gasteiger partial charge in [0.15, 0.2) is 0 Å². The van der Waals surface area contributed by atoms with Crippen molar-refractivity contribution in [2.24, 2.45) is 0 Å². The summed E-state index contributed by atoms with van der Waals surface area (Å²) in [5, 5.41) is 1.19. The average Bonchev–Trinajstić information content (AvgIpc) is 3.23. The molecule has 0 amide bonds. The minimum atomic E-state index is 0.375. The van der Waals surface area contributed by atoms with Gasteiger partial charge in [-0.3, -0.25) is 0 Å². The molecule has 2 heterocycles. The minimum absolute atomic E-state index is 0.375. The lowest BCUT2D eigenvalue weighted by Gasteiger charge is -2.26. The van der Waals surface area contributed by atoms with Crippen LogP contribution in [0.3, 0.4) is 0 Å². The monoisotopic (exact) mass is 416 g/mol. The predicted molar refractivity (Wildman–Crippen MR) is 129 cm³/mol. The van der Waals surface area contributed by atoms with Gasteiger partial charge >= 0.3 is 0 Å². The van der Waals surface area contributed by atoms with Crippen molar-refractivity contribution in [1.29, 1.82) is 0 Å². The van der Waals surface area contributed by atoms with Gasteiger partial charge < -0.3 is 9.15 Å². The Balaban J connectivity index is 1.36. The summed E-state index contributed by atoms with van der Waals surface area (Å²) < 4.78 is 12.4. The van der Waals surface area contributed by atoms with Crippen LogP contribution in [0, 0.1) is 0 Å². The summed E-state index contributed by atoms with van der Waals surface area (Å²) in [4.78, 5) is 0. The number of ether oxygens (including phenoxy) is 1. The van der Waals surface area contributed by atoms with Crippen molar-refractivity contribution in [3.63, 3.8) is 0 Å². The van der Waals surface area contributed by atoms with Crippen molar-refractivity contribution in [3.8, 4) is 17.1 Å². The molecule has 0 bridgehead atoms. The molecule has 0 fully saturated rings. The maximum absolute atomic E-state index is 6.32. The van der Waals surface area contributed by atoms with Gasteiger partial charge in [0.05, 0.1) is 6.61 Å². The normalized spacial score (nSPS) is 15.3. The lowest BCUT2D eigenvalue weighted by atomic mass is 9.88. The molecular weight excluding hydrogens is 392 g/mol. The van der Waals surface area contributed by atoms with E-state index in [1.807, 2.05) is 18.2 Å². The van der Waals surface area contributed by atoms with Crippen LogP contribution in [0.15, 0.2) is 108 Å². The van der Waals surface area contributed by atoms with Crippen molar-refractivity contribution in [2.75, 3.05) is 6.61 Å². The highest BCUT2D eigenvalue weighted by molar-refractivity contribution is 5.88. The molecule has 5 aromatic rings. The quantitative estimate of drug-likeness (QED) is 0.304. The molecule has 4 aromatic carbocycles. The lowest BCUT2D eigenvalue weighted by molar-refractivity contribution is 0.262. The van der Waals surface area contributed by atoms with Gasteiger partial charge in [-0.25, -0.2) is 0 Å². The van der Waals surface area contributed by atoms with E-state index >= 15 is 0 Å². The molecule has 0 saturated heterocycles. The SMILES string of the molecule is c1ccc(-c2oc3ccccc3c2Cc2cccc(C3COc4ccccc4C3)c2)cc1. The van der Waals surface area contributed by atoms with Crippen LogP contribution in [-0.2, 0) is 12.8 Å². The van der Waals surface area contributed by atoms with Crippen LogP contribution in [0.4, 0.5) is 0 Å². The summed E-state index contributed by atoms with van der Waals surface area (Å²) in [6, 6.07) is 36.1. The second-order valence-electron chi connectivity index (χ2n) is 8.51. The second-order valence-corrected chi connectivity index (χ2v) is 8.51. The molecule has 2 heteroatoms. The van der Waals surface area contributed by atoms with Gasteiger partial charge in [-0.15, -0.1) is 0 Å². The van der Waals surface area contributed by atoms with Crippen LogP contribution in [0.2, 0.25) is 0 Å². The summed E-state index contributed by atoms with van der Waals surface area (Å²) >= 11 is 0. The van der Waals surface area contributed by atoms with Gasteiger partial charge in [0.25, 0.3) is 0 Å². The van der Waals surface area contributed by atoms with E-state index in [1.54, 1.807) is 0 Å².